The van der Waals surface area contributed by atoms with Crippen LogP contribution in [0.25, 0.3) is 0 Å². The summed E-state index contributed by atoms with van der Waals surface area (Å²) in [6, 6.07) is 13.6. The van der Waals surface area contributed by atoms with E-state index in [4.69, 9.17) is 9.47 Å². The van der Waals surface area contributed by atoms with Gasteiger partial charge >= 0.3 is 11.9 Å². The maximum atomic E-state index is 12.4. The predicted molar refractivity (Wildman–Crippen MR) is 107 cm³/mol. The van der Waals surface area contributed by atoms with E-state index in [2.05, 4.69) is 10.1 Å². The molecule has 0 heterocycles. The number of esters is 2. The number of para-hydroxylation sites is 1. The molecule has 0 saturated carbocycles. The van der Waals surface area contributed by atoms with Crippen molar-refractivity contribution in [2.24, 2.45) is 0 Å². The highest BCUT2D eigenvalue weighted by Gasteiger charge is 2.18. The summed E-state index contributed by atoms with van der Waals surface area (Å²) in [4.78, 5) is 37.9. The number of carbonyl (C=O) groups excluding carboxylic acids is 3. The smallest absolute Gasteiger partial charge is 0.339 e. The first-order valence-electron chi connectivity index (χ1n) is 8.91. The Balaban J connectivity index is 1.97. The predicted octanol–water partition coefficient (Wildman–Crippen LogP) is 2.21. The Hall–Kier alpha value is -3.39. The quantitative estimate of drug-likeness (QED) is 0.645. The Labute approximate surface area is 169 Å². The number of hydrogen-bond acceptors (Lipinski definition) is 7. The Morgan fingerprint density at radius 2 is 1.66 bits per heavy atom. The van der Waals surface area contributed by atoms with Crippen LogP contribution in [0.4, 0.5) is 5.69 Å². The van der Waals surface area contributed by atoms with Gasteiger partial charge in [-0.2, -0.15) is 0 Å². The van der Waals surface area contributed by atoms with Crippen molar-refractivity contribution in [2.75, 3.05) is 46.3 Å². The number of amides is 1. The summed E-state index contributed by atoms with van der Waals surface area (Å²) >= 11 is 0. The van der Waals surface area contributed by atoms with Crippen LogP contribution in [0.15, 0.2) is 48.5 Å². The number of carbonyl (C=O) groups is 3. The third-order valence-corrected chi connectivity index (χ3v) is 4.02. The van der Waals surface area contributed by atoms with Gasteiger partial charge in [0.25, 0.3) is 0 Å². The summed E-state index contributed by atoms with van der Waals surface area (Å²) in [7, 11) is 4.27. The van der Waals surface area contributed by atoms with Gasteiger partial charge in [0.05, 0.1) is 37.6 Å². The molecular weight excluding hydrogens is 376 g/mol. The second-order valence-electron chi connectivity index (χ2n) is 6.19. The van der Waals surface area contributed by atoms with Crippen LogP contribution in [0.5, 0.6) is 5.75 Å². The molecule has 8 heteroatoms. The fourth-order valence-corrected chi connectivity index (χ4v) is 2.53. The first-order chi connectivity index (χ1) is 13.9. The highest BCUT2D eigenvalue weighted by Crippen LogP contribution is 2.20. The van der Waals surface area contributed by atoms with Crippen LogP contribution in [0.3, 0.4) is 0 Å². The number of likely N-dealkylation sites (N-methyl/N-ethyl adjacent to an activating group) is 1. The zero-order valence-corrected chi connectivity index (χ0v) is 16.6. The summed E-state index contributed by atoms with van der Waals surface area (Å²) in [5.41, 5.74) is 0.530. The second kappa shape index (κ2) is 10.8. The lowest BCUT2D eigenvalue weighted by atomic mass is 10.1. The van der Waals surface area contributed by atoms with Gasteiger partial charge in [-0.3, -0.25) is 9.69 Å². The molecule has 29 heavy (non-hydrogen) atoms. The minimum atomic E-state index is -0.624. The number of hydrogen-bond donors (Lipinski definition) is 1. The molecule has 0 aliphatic carbocycles. The fraction of sp³-hybridized carbons (Fsp3) is 0.286. The summed E-state index contributed by atoms with van der Waals surface area (Å²) in [5.74, 6) is -0.791. The molecule has 0 aromatic heterocycles. The van der Waals surface area contributed by atoms with Crippen molar-refractivity contribution in [2.45, 2.75) is 0 Å². The molecule has 0 spiro atoms. The van der Waals surface area contributed by atoms with Crippen LogP contribution >= 0.6 is 0 Å². The second-order valence-corrected chi connectivity index (χ2v) is 6.19. The lowest BCUT2D eigenvalue weighted by molar-refractivity contribution is -0.117. The Morgan fingerprint density at radius 1 is 0.966 bits per heavy atom. The van der Waals surface area contributed by atoms with Crippen molar-refractivity contribution in [3.8, 4) is 5.75 Å². The molecule has 2 aromatic rings. The van der Waals surface area contributed by atoms with Gasteiger partial charge in [0, 0.05) is 6.54 Å². The normalized spacial score (nSPS) is 10.3. The van der Waals surface area contributed by atoms with Crippen molar-refractivity contribution in [1.82, 2.24) is 4.90 Å². The number of nitrogens with one attached hydrogen (secondary N) is 1. The van der Waals surface area contributed by atoms with E-state index >= 15 is 0 Å². The van der Waals surface area contributed by atoms with E-state index in [1.54, 1.807) is 11.9 Å². The SMILES string of the molecule is COC(=O)c1ccc(C(=O)OC)c(NC(=O)CN(C)CCOc2ccccc2)c1. The van der Waals surface area contributed by atoms with Crippen LogP contribution < -0.4 is 10.1 Å². The average molecular weight is 400 g/mol. The van der Waals surface area contributed by atoms with Gasteiger partial charge < -0.3 is 19.5 Å². The lowest BCUT2D eigenvalue weighted by Crippen LogP contribution is -2.33. The van der Waals surface area contributed by atoms with Crippen molar-refractivity contribution >= 4 is 23.5 Å². The van der Waals surface area contributed by atoms with E-state index in [-0.39, 0.29) is 29.3 Å². The van der Waals surface area contributed by atoms with E-state index in [0.717, 1.165) is 5.75 Å². The van der Waals surface area contributed by atoms with Crippen LogP contribution in [0.1, 0.15) is 20.7 Å². The zero-order valence-electron chi connectivity index (χ0n) is 16.6. The maximum absolute atomic E-state index is 12.4. The Kier molecular flexibility index (Phi) is 8.17. The number of benzene rings is 2. The summed E-state index contributed by atoms with van der Waals surface area (Å²) in [6.07, 6.45) is 0. The van der Waals surface area contributed by atoms with Crippen molar-refractivity contribution in [1.29, 1.82) is 0 Å². The molecule has 0 fully saturated rings. The van der Waals surface area contributed by atoms with Crippen LogP contribution in [-0.2, 0) is 14.3 Å². The first kappa shape index (κ1) is 21.9. The van der Waals surface area contributed by atoms with Gasteiger partial charge in [-0.15, -0.1) is 0 Å². The highest BCUT2D eigenvalue weighted by molar-refractivity contribution is 6.03. The molecule has 1 N–H and O–H groups in total. The summed E-state index contributed by atoms with van der Waals surface area (Å²) < 4.78 is 15.0. The van der Waals surface area contributed by atoms with Crippen molar-refractivity contribution in [3.63, 3.8) is 0 Å². The molecule has 154 valence electrons. The molecule has 0 unspecified atom stereocenters. The molecule has 2 rings (SSSR count). The van der Waals surface area contributed by atoms with Gasteiger partial charge in [-0.1, -0.05) is 18.2 Å². The van der Waals surface area contributed by atoms with Gasteiger partial charge in [0.2, 0.25) is 5.91 Å². The molecule has 0 radical (unpaired) electrons. The average Bonchev–Trinajstić information content (AvgIpc) is 2.73. The van der Waals surface area contributed by atoms with Crippen LogP contribution in [-0.4, -0.2) is 63.7 Å². The third-order valence-electron chi connectivity index (χ3n) is 4.02. The van der Waals surface area contributed by atoms with Crippen molar-refractivity contribution in [3.05, 3.63) is 59.7 Å². The Morgan fingerprint density at radius 3 is 2.31 bits per heavy atom. The molecule has 0 bridgehead atoms. The van der Waals surface area contributed by atoms with Gasteiger partial charge in [-0.25, -0.2) is 9.59 Å². The highest BCUT2D eigenvalue weighted by atomic mass is 16.5. The van der Waals surface area contributed by atoms with Gasteiger partial charge in [0.1, 0.15) is 12.4 Å². The van der Waals surface area contributed by atoms with E-state index in [9.17, 15) is 14.4 Å². The number of rotatable bonds is 9. The third kappa shape index (κ3) is 6.62. The van der Waals surface area contributed by atoms with E-state index in [0.29, 0.717) is 13.2 Å². The van der Waals surface area contributed by atoms with Gasteiger partial charge in [0.15, 0.2) is 0 Å². The number of nitrogens with zero attached hydrogens (tertiary/aromatic N) is 1. The molecular formula is C21H24N2O6. The standard InChI is InChI=1S/C21H24N2O6/c1-23(11-12-29-16-7-5-4-6-8-16)14-19(24)22-18-13-15(20(25)27-2)9-10-17(18)21(26)28-3/h4-10,13H,11-12,14H2,1-3H3,(H,22,24). The zero-order chi connectivity index (χ0) is 21.2. The molecule has 0 saturated heterocycles. The summed E-state index contributed by atoms with van der Waals surface area (Å²) in [6.45, 7) is 1.01. The number of ether oxygens (including phenoxy) is 3. The van der Waals surface area contributed by atoms with Crippen LogP contribution in [0, 0.1) is 0 Å². The topological polar surface area (TPSA) is 94.2 Å². The van der Waals surface area contributed by atoms with E-state index in [1.165, 1.54) is 32.4 Å². The van der Waals surface area contributed by atoms with E-state index < -0.39 is 11.9 Å². The van der Waals surface area contributed by atoms with Gasteiger partial charge in [-0.05, 0) is 37.4 Å². The monoisotopic (exact) mass is 400 g/mol. The lowest BCUT2D eigenvalue weighted by Gasteiger charge is -2.17. The minimum absolute atomic E-state index is 0.0706. The summed E-state index contributed by atoms with van der Waals surface area (Å²) in [5, 5.41) is 2.65. The molecule has 8 nitrogen and oxygen atoms in total. The minimum Gasteiger partial charge on any atom is -0.492 e. The molecule has 1 amide bonds. The largest absolute Gasteiger partial charge is 0.492 e. The molecule has 0 aliphatic heterocycles. The first-order valence-corrected chi connectivity index (χ1v) is 8.91. The number of anilines is 1. The Bertz CT molecular complexity index is 854. The fourth-order valence-electron chi connectivity index (χ4n) is 2.53. The van der Waals surface area contributed by atoms with Crippen LogP contribution in [0.2, 0.25) is 0 Å². The number of methoxy groups -OCH3 is 2. The molecule has 0 atom stereocenters. The van der Waals surface area contributed by atoms with E-state index in [1.807, 2.05) is 30.3 Å². The molecule has 2 aromatic carbocycles. The molecule has 0 aliphatic rings. The van der Waals surface area contributed by atoms with Crippen molar-refractivity contribution < 1.29 is 28.6 Å². The maximum Gasteiger partial charge on any atom is 0.339 e.